The van der Waals surface area contributed by atoms with Crippen LogP contribution in [0.5, 0.6) is 0 Å². The highest BCUT2D eigenvalue weighted by atomic mass is 32.2. The number of aromatic nitrogens is 1. The molecule has 1 unspecified atom stereocenters. The van der Waals surface area contributed by atoms with Crippen LogP contribution in [0.25, 0.3) is 0 Å². The van der Waals surface area contributed by atoms with Crippen molar-refractivity contribution in [3.05, 3.63) is 60.2 Å². The lowest BCUT2D eigenvalue weighted by Crippen LogP contribution is -2.54. The molecular weight excluding hydrogens is 395 g/mol. The maximum absolute atomic E-state index is 13.4. The molecular formula is C20H25FN4O3S. The lowest BCUT2D eigenvalue weighted by Gasteiger charge is -2.37. The van der Waals surface area contributed by atoms with Crippen LogP contribution >= 0.6 is 0 Å². The molecule has 0 spiro atoms. The molecule has 0 aliphatic carbocycles. The Kier molecular flexibility index (Phi) is 6.61. The Morgan fingerprint density at radius 3 is 2.55 bits per heavy atom. The van der Waals surface area contributed by atoms with Gasteiger partial charge in [0.25, 0.3) is 0 Å². The first-order chi connectivity index (χ1) is 13.8. The molecule has 1 atom stereocenters. The topological polar surface area (TPSA) is 73.8 Å². The van der Waals surface area contributed by atoms with E-state index >= 15 is 0 Å². The number of nitrogens with zero attached hydrogens (tertiary/aromatic N) is 4. The fraction of sp³-hybridized carbons (Fsp3) is 0.400. The van der Waals surface area contributed by atoms with E-state index in [1.165, 1.54) is 34.9 Å². The number of hydrogen-bond acceptors (Lipinski definition) is 5. The number of pyridine rings is 1. The third kappa shape index (κ3) is 4.98. The Morgan fingerprint density at radius 1 is 1.21 bits per heavy atom. The molecule has 0 bridgehead atoms. The van der Waals surface area contributed by atoms with Crippen molar-refractivity contribution in [3.8, 4) is 0 Å². The fourth-order valence-corrected chi connectivity index (χ4v) is 4.83. The number of amides is 1. The summed E-state index contributed by atoms with van der Waals surface area (Å²) in [5, 5.41) is 0. The van der Waals surface area contributed by atoms with Crippen LogP contribution in [0, 0.1) is 5.82 Å². The zero-order chi connectivity index (χ0) is 21.0. The second-order valence-electron chi connectivity index (χ2n) is 7.13. The average molecular weight is 421 g/mol. The van der Waals surface area contributed by atoms with Gasteiger partial charge in [-0.25, -0.2) is 12.8 Å². The maximum atomic E-state index is 13.4. The molecule has 2 heterocycles. The second-order valence-corrected chi connectivity index (χ2v) is 9.07. The summed E-state index contributed by atoms with van der Waals surface area (Å²) < 4.78 is 40.2. The highest BCUT2D eigenvalue weighted by Gasteiger charge is 2.32. The summed E-state index contributed by atoms with van der Waals surface area (Å²) in [6.45, 7) is 3.66. The van der Waals surface area contributed by atoms with Gasteiger partial charge in [-0.1, -0.05) is 12.1 Å². The van der Waals surface area contributed by atoms with E-state index in [1.54, 1.807) is 30.1 Å². The van der Waals surface area contributed by atoms with Crippen LogP contribution in [-0.4, -0.2) is 72.7 Å². The molecule has 1 fully saturated rings. The van der Waals surface area contributed by atoms with E-state index in [2.05, 4.69) is 4.98 Å². The predicted molar refractivity (Wildman–Crippen MR) is 107 cm³/mol. The number of benzene rings is 1. The Morgan fingerprint density at radius 2 is 1.93 bits per heavy atom. The first-order valence-corrected chi connectivity index (χ1v) is 10.9. The maximum Gasteiger partial charge on any atom is 0.244 e. The molecule has 1 aromatic carbocycles. The number of hydrogen-bond donors (Lipinski definition) is 0. The van der Waals surface area contributed by atoms with E-state index in [0.717, 1.165) is 5.56 Å². The minimum Gasteiger partial charge on any atom is -0.340 e. The van der Waals surface area contributed by atoms with Gasteiger partial charge in [0, 0.05) is 52.2 Å². The standard InChI is InChI=1S/C20H25FN4O3S/c1-16(20(26)23(2)15-17-5-3-6-18(21)13-17)24-9-11-25(12-10-24)29(27,28)19-7-4-8-22-14-19/h3-8,13-14,16H,9-12,15H2,1-2H3. The summed E-state index contributed by atoms with van der Waals surface area (Å²) in [6, 6.07) is 8.91. The smallest absolute Gasteiger partial charge is 0.244 e. The summed E-state index contributed by atoms with van der Waals surface area (Å²) in [6.07, 6.45) is 2.87. The largest absolute Gasteiger partial charge is 0.340 e. The Bertz CT molecular complexity index is 947. The van der Waals surface area contributed by atoms with Gasteiger partial charge in [-0.3, -0.25) is 14.7 Å². The van der Waals surface area contributed by atoms with Crippen molar-refractivity contribution in [2.45, 2.75) is 24.4 Å². The van der Waals surface area contributed by atoms with Gasteiger partial charge in [0.05, 0.1) is 6.04 Å². The lowest BCUT2D eigenvalue weighted by atomic mass is 10.1. The van der Waals surface area contributed by atoms with E-state index in [4.69, 9.17) is 0 Å². The number of likely N-dealkylation sites (N-methyl/N-ethyl adjacent to an activating group) is 1. The summed E-state index contributed by atoms with van der Waals surface area (Å²) >= 11 is 0. The monoisotopic (exact) mass is 420 g/mol. The van der Waals surface area contributed by atoms with Gasteiger partial charge in [0.1, 0.15) is 10.7 Å². The van der Waals surface area contributed by atoms with E-state index in [1.807, 2.05) is 11.8 Å². The first kappa shape index (κ1) is 21.4. The molecule has 3 rings (SSSR count). The van der Waals surface area contributed by atoms with Gasteiger partial charge in [0.15, 0.2) is 0 Å². The van der Waals surface area contributed by atoms with Crippen LogP contribution in [-0.2, 0) is 21.4 Å². The van der Waals surface area contributed by atoms with Gasteiger partial charge < -0.3 is 4.90 Å². The molecule has 1 aliphatic rings. The van der Waals surface area contributed by atoms with Crippen LogP contribution in [0.4, 0.5) is 4.39 Å². The van der Waals surface area contributed by atoms with Gasteiger partial charge in [-0.05, 0) is 36.8 Å². The molecule has 29 heavy (non-hydrogen) atoms. The molecule has 1 aromatic heterocycles. The summed E-state index contributed by atoms with van der Waals surface area (Å²) in [7, 11) is -1.89. The van der Waals surface area contributed by atoms with Crippen molar-refractivity contribution >= 4 is 15.9 Å². The fourth-order valence-electron chi connectivity index (χ4n) is 3.44. The number of halogens is 1. The number of carbonyl (C=O) groups is 1. The molecule has 1 saturated heterocycles. The molecule has 0 N–H and O–H groups in total. The molecule has 0 radical (unpaired) electrons. The van der Waals surface area contributed by atoms with E-state index in [0.29, 0.717) is 32.7 Å². The van der Waals surface area contributed by atoms with E-state index in [9.17, 15) is 17.6 Å². The van der Waals surface area contributed by atoms with Gasteiger partial charge in [-0.15, -0.1) is 0 Å². The molecule has 0 saturated carbocycles. The third-order valence-corrected chi connectivity index (χ3v) is 7.02. The third-order valence-electron chi connectivity index (χ3n) is 5.14. The second kappa shape index (κ2) is 8.98. The number of sulfonamides is 1. The summed E-state index contributed by atoms with van der Waals surface area (Å²) in [5.74, 6) is -0.417. The molecule has 1 amide bonds. The number of piperazine rings is 1. The zero-order valence-corrected chi connectivity index (χ0v) is 17.3. The molecule has 9 heteroatoms. The van der Waals surface area contributed by atoms with Crippen LogP contribution in [0.2, 0.25) is 0 Å². The Hall–Kier alpha value is -2.36. The SMILES string of the molecule is CC(C(=O)N(C)Cc1cccc(F)c1)N1CCN(S(=O)(=O)c2cccnc2)CC1. The summed E-state index contributed by atoms with van der Waals surface area (Å²) in [4.78, 5) is 20.4. The molecule has 7 nitrogen and oxygen atoms in total. The number of carbonyl (C=O) groups excluding carboxylic acids is 1. The number of rotatable bonds is 6. The minimum absolute atomic E-state index is 0.0853. The van der Waals surface area contributed by atoms with Crippen molar-refractivity contribution in [2.24, 2.45) is 0 Å². The highest BCUT2D eigenvalue weighted by molar-refractivity contribution is 7.89. The predicted octanol–water partition coefficient (Wildman–Crippen LogP) is 1.57. The Labute approximate surface area is 170 Å². The quantitative estimate of drug-likeness (QED) is 0.709. The molecule has 2 aromatic rings. The molecule has 156 valence electrons. The Balaban J connectivity index is 1.58. The van der Waals surface area contributed by atoms with E-state index < -0.39 is 16.1 Å². The van der Waals surface area contributed by atoms with Crippen LogP contribution in [0.15, 0.2) is 53.7 Å². The van der Waals surface area contributed by atoms with Crippen molar-refractivity contribution in [1.29, 1.82) is 0 Å². The first-order valence-electron chi connectivity index (χ1n) is 9.42. The van der Waals surface area contributed by atoms with E-state index in [-0.39, 0.29) is 16.6 Å². The normalized spacial score (nSPS) is 17.1. The minimum atomic E-state index is -3.58. The van der Waals surface area contributed by atoms with Crippen molar-refractivity contribution in [1.82, 2.24) is 19.1 Å². The van der Waals surface area contributed by atoms with Crippen LogP contribution in [0.1, 0.15) is 12.5 Å². The summed E-state index contributed by atoms with van der Waals surface area (Å²) in [5.41, 5.74) is 0.723. The van der Waals surface area contributed by atoms with Crippen LogP contribution in [0.3, 0.4) is 0 Å². The lowest BCUT2D eigenvalue weighted by molar-refractivity contribution is -0.136. The van der Waals surface area contributed by atoms with Crippen LogP contribution < -0.4 is 0 Å². The molecule has 1 aliphatic heterocycles. The van der Waals surface area contributed by atoms with Gasteiger partial charge in [-0.2, -0.15) is 4.31 Å². The highest BCUT2D eigenvalue weighted by Crippen LogP contribution is 2.18. The average Bonchev–Trinajstić information content (AvgIpc) is 2.73. The van der Waals surface area contributed by atoms with Crippen molar-refractivity contribution in [2.75, 3.05) is 33.2 Å². The van der Waals surface area contributed by atoms with Crippen molar-refractivity contribution < 1.29 is 17.6 Å². The van der Waals surface area contributed by atoms with Crippen molar-refractivity contribution in [3.63, 3.8) is 0 Å². The zero-order valence-electron chi connectivity index (χ0n) is 16.5. The van der Waals surface area contributed by atoms with Gasteiger partial charge in [0.2, 0.25) is 15.9 Å². The van der Waals surface area contributed by atoms with Gasteiger partial charge >= 0.3 is 0 Å².